The number of nitrogens with zero attached hydrogens (tertiary/aromatic N) is 3. The number of carboxylic acids is 1. The number of benzene rings is 2. The predicted molar refractivity (Wildman–Crippen MR) is 124 cm³/mol. The summed E-state index contributed by atoms with van der Waals surface area (Å²) in [6, 6.07) is 11.7. The number of hydrogen-bond acceptors (Lipinski definition) is 4. The molecule has 1 aliphatic heterocycles. The molecule has 1 amide bonds. The highest BCUT2D eigenvalue weighted by Crippen LogP contribution is 2.31. The lowest BCUT2D eigenvalue weighted by molar-refractivity contribution is 0.0696. The molecule has 0 unspecified atom stereocenters. The first kappa shape index (κ1) is 22.2. The lowest BCUT2D eigenvalue weighted by Gasteiger charge is -2.20. The van der Waals surface area contributed by atoms with Gasteiger partial charge in [-0.05, 0) is 49.2 Å². The SMILES string of the molecule is Cc1nn2c(c1C(=O)N[C@@H](C)c1ccc(C(=O)O)cc1)N(Cc1ccc(Cl)c(Cl)c1)CC2. The first-order valence-corrected chi connectivity index (χ1v) is 10.9. The molecule has 0 spiro atoms. The zero-order valence-electron chi connectivity index (χ0n) is 17.6. The third kappa shape index (κ3) is 4.31. The molecule has 3 aromatic rings. The molecule has 7 nitrogen and oxygen atoms in total. The van der Waals surface area contributed by atoms with Crippen LogP contribution in [0.2, 0.25) is 10.0 Å². The van der Waals surface area contributed by atoms with Crippen LogP contribution in [-0.2, 0) is 13.1 Å². The summed E-state index contributed by atoms with van der Waals surface area (Å²) < 4.78 is 1.86. The molecule has 166 valence electrons. The number of carbonyl (C=O) groups is 2. The maximum Gasteiger partial charge on any atom is 0.335 e. The van der Waals surface area contributed by atoms with Crippen molar-refractivity contribution in [2.24, 2.45) is 0 Å². The van der Waals surface area contributed by atoms with Gasteiger partial charge in [-0.25, -0.2) is 9.48 Å². The highest BCUT2D eigenvalue weighted by molar-refractivity contribution is 6.42. The molecule has 0 saturated carbocycles. The zero-order valence-corrected chi connectivity index (χ0v) is 19.1. The van der Waals surface area contributed by atoms with Crippen LogP contribution in [0.4, 0.5) is 5.82 Å². The van der Waals surface area contributed by atoms with Crippen LogP contribution in [0.25, 0.3) is 0 Å². The fourth-order valence-electron chi connectivity index (χ4n) is 3.91. The number of anilines is 1. The van der Waals surface area contributed by atoms with E-state index in [1.165, 1.54) is 12.1 Å². The summed E-state index contributed by atoms with van der Waals surface area (Å²) in [4.78, 5) is 26.4. The van der Waals surface area contributed by atoms with Crippen LogP contribution in [0.5, 0.6) is 0 Å². The van der Waals surface area contributed by atoms with Crippen LogP contribution < -0.4 is 10.2 Å². The lowest BCUT2D eigenvalue weighted by atomic mass is 10.1. The van der Waals surface area contributed by atoms with Gasteiger partial charge in [0.2, 0.25) is 0 Å². The van der Waals surface area contributed by atoms with Gasteiger partial charge in [0.1, 0.15) is 11.4 Å². The number of aromatic nitrogens is 2. The van der Waals surface area contributed by atoms with Crippen molar-refractivity contribution in [1.29, 1.82) is 0 Å². The zero-order chi connectivity index (χ0) is 23.0. The van der Waals surface area contributed by atoms with Crippen LogP contribution >= 0.6 is 23.2 Å². The van der Waals surface area contributed by atoms with Gasteiger partial charge in [0.25, 0.3) is 5.91 Å². The Kier molecular flexibility index (Phi) is 6.13. The topological polar surface area (TPSA) is 87.5 Å². The summed E-state index contributed by atoms with van der Waals surface area (Å²) in [5.41, 5.74) is 3.21. The number of rotatable bonds is 6. The average Bonchev–Trinajstić information content (AvgIpc) is 3.28. The summed E-state index contributed by atoms with van der Waals surface area (Å²) in [6.45, 7) is 5.69. The van der Waals surface area contributed by atoms with Crippen molar-refractivity contribution < 1.29 is 14.7 Å². The van der Waals surface area contributed by atoms with Crippen LogP contribution in [0.1, 0.15) is 50.5 Å². The number of carboxylic acid groups (broad SMARTS) is 1. The molecule has 0 fully saturated rings. The highest BCUT2D eigenvalue weighted by Gasteiger charge is 2.30. The van der Waals surface area contributed by atoms with E-state index < -0.39 is 5.97 Å². The summed E-state index contributed by atoms with van der Waals surface area (Å²) in [7, 11) is 0. The fraction of sp³-hybridized carbons (Fsp3) is 0.261. The van der Waals surface area contributed by atoms with Crippen LogP contribution in [0.3, 0.4) is 0 Å². The van der Waals surface area contributed by atoms with E-state index in [9.17, 15) is 9.59 Å². The smallest absolute Gasteiger partial charge is 0.335 e. The van der Waals surface area contributed by atoms with E-state index in [2.05, 4.69) is 15.3 Å². The van der Waals surface area contributed by atoms with Crippen LogP contribution in [0.15, 0.2) is 42.5 Å². The third-order valence-corrected chi connectivity index (χ3v) is 6.31. The molecule has 32 heavy (non-hydrogen) atoms. The van der Waals surface area contributed by atoms with E-state index in [1.54, 1.807) is 18.2 Å². The van der Waals surface area contributed by atoms with E-state index in [1.807, 2.05) is 30.7 Å². The van der Waals surface area contributed by atoms with Crippen LogP contribution in [-0.4, -0.2) is 33.3 Å². The number of aryl methyl sites for hydroxylation is 1. The van der Waals surface area contributed by atoms with Gasteiger partial charge >= 0.3 is 5.97 Å². The molecule has 2 aromatic carbocycles. The molecular weight excluding hydrogens is 451 g/mol. The van der Waals surface area contributed by atoms with E-state index >= 15 is 0 Å². The van der Waals surface area contributed by atoms with Gasteiger partial charge in [0.05, 0.1) is 33.9 Å². The molecule has 2 heterocycles. The van der Waals surface area contributed by atoms with E-state index in [0.717, 1.165) is 23.5 Å². The van der Waals surface area contributed by atoms with Gasteiger partial charge in [-0.15, -0.1) is 0 Å². The highest BCUT2D eigenvalue weighted by atomic mass is 35.5. The number of hydrogen-bond donors (Lipinski definition) is 2. The normalized spacial score (nSPS) is 13.7. The molecule has 0 aliphatic carbocycles. The number of aromatic carboxylic acids is 1. The van der Waals surface area contributed by atoms with Gasteiger partial charge in [0, 0.05) is 13.1 Å². The number of halogens is 2. The molecule has 0 radical (unpaired) electrons. The standard InChI is InChI=1S/C23H22Cl2N4O3/c1-13(16-4-6-17(7-5-16)23(31)32)26-21(30)20-14(2)27-29-10-9-28(22(20)29)12-15-3-8-18(24)19(25)11-15/h3-8,11,13H,9-10,12H2,1-2H3,(H,26,30)(H,31,32)/t13-/m0/s1. The van der Waals surface area contributed by atoms with Gasteiger partial charge in [-0.2, -0.15) is 5.10 Å². The number of fused-ring (bicyclic) bond motifs is 1. The maximum atomic E-state index is 13.2. The lowest BCUT2D eigenvalue weighted by Crippen LogP contribution is -2.29. The number of amides is 1. The van der Waals surface area contributed by atoms with E-state index in [4.69, 9.17) is 28.3 Å². The van der Waals surface area contributed by atoms with E-state index in [0.29, 0.717) is 34.4 Å². The van der Waals surface area contributed by atoms with Crippen molar-refractivity contribution in [1.82, 2.24) is 15.1 Å². The Balaban J connectivity index is 1.55. The predicted octanol–water partition coefficient (Wildman–Crippen LogP) is 4.71. The maximum absolute atomic E-state index is 13.2. The molecule has 0 bridgehead atoms. The van der Waals surface area contributed by atoms with Crippen molar-refractivity contribution in [3.05, 3.63) is 80.5 Å². The Labute approximate surface area is 195 Å². The fourth-order valence-corrected chi connectivity index (χ4v) is 4.23. The molecule has 1 atom stereocenters. The summed E-state index contributed by atoms with van der Waals surface area (Å²) >= 11 is 12.2. The van der Waals surface area contributed by atoms with Crippen molar-refractivity contribution >= 4 is 40.9 Å². The Hall–Kier alpha value is -3.03. The quantitative estimate of drug-likeness (QED) is 0.542. The van der Waals surface area contributed by atoms with Crippen LogP contribution in [0, 0.1) is 6.92 Å². The summed E-state index contributed by atoms with van der Waals surface area (Å²) in [6.07, 6.45) is 0. The Morgan fingerprint density at radius 2 is 1.84 bits per heavy atom. The van der Waals surface area contributed by atoms with Crippen molar-refractivity contribution in [3.8, 4) is 0 Å². The monoisotopic (exact) mass is 472 g/mol. The van der Waals surface area contributed by atoms with Crippen molar-refractivity contribution in [2.45, 2.75) is 33.0 Å². The third-order valence-electron chi connectivity index (χ3n) is 5.57. The Morgan fingerprint density at radius 1 is 1.12 bits per heavy atom. The summed E-state index contributed by atoms with van der Waals surface area (Å²) in [5.74, 6) is -0.430. The minimum absolute atomic E-state index is 0.204. The Morgan fingerprint density at radius 3 is 2.50 bits per heavy atom. The van der Waals surface area contributed by atoms with Crippen molar-refractivity contribution in [2.75, 3.05) is 11.4 Å². The summed E-state index contributed by atoms with van der Waals surface area (Å²) in [5, 5.41) is 17.6. The second kappa shape index (κ2) is 8.84. The molecule has 4 rings (SSSR count). The van der Waals surface area contributed by atoms with Gasteiger partial charge in [-0.3, -0.25) is 4.79 Å². The first-order chi connectivity index (χ1) is 15.2. The van der Waals surface area contributed by atoms with Gasteiger partial charge < -0.3 is 15.3 Å². The number of carbonyl (C=O) groups excluding carboxylic acids is 1. The molecule has 1 aliphatic rings. The average molecular weight is 473 g/mol. The molecule has 0 saturated heterocycles. The molecule has 2 N–H and O–H groups in total. The number of nitrogens with one attached hydrogen (secondary N) is 1. The van der Waals surface area contributed by atoms with Gasteiger partial charge in [-0.1, -0.05) is 41.4 Å². The van der Waals surface area contributed by atoms with Crippen molar-refractivity contribution in [3.63, 3.8) is 0 Å². The second-order valence-corrected chi connectivity index (χ2v) is 8.61. The molecule has 9 heteroatoms. The minimum atomic E-state index is -0.985. The minimum Gasteiger partial charge on any atom is -0.478 e. The second-order valence-electron chi connectivity index (χ2n) is 7.80. The van der Waals surface area contributed by atoms with Gasteiger partial charge in [0.15, 0.2) is 0 Å². The Bertz CT molecular complexity index is 1190. The molecular formula is C23H22Cl2N4O3. The van der Waals surface area contributed by atoms with E-state index in [-0.39, 0.29) is 17.5 Å². The first-order valence-electron chi connectivity index (χ1n) is 10.1. The molecule has 1 aromatic heterocycles. The largest absolute Gasteiger partial charge is 0.478 e.